The van der Waals surface area contributed by atoms with E-state index >= 15 is 0 Å². The highest BCUT2D eigenvalue weighted by Crippen LogP contribution is 2.28. The summed E-state index contributed by atoms with van der Waals surface area (Å²) in [4.78, 5) is 19.9. The lowest BCUT2D eigenvalue weighted by Gasteiger charge is -2.29. The molecule has 26 heavy (non-hydrogen) atoms. The number of carbonyl (C=O) groups is 1. The molecule has 4 rings (SSSR count). The van der Waals surface area contributed by atoms with Crippen molar-refractivity contribution in [3.8, 4) is 0 Å². The van der Waals surface area contributed by atoms with Crippen molar-refractivity contribution in [2.75, 3.05) is 50.7 Å². The van der Waals surface area contributed by atoms with E-state index in [0.717, 1.165) is 44.2 Å². The van der Waals surface area contributed by atoms with Crippen LogP contribution in [-0.2, 0) is 11.2 Å². The molecule has 1 saturated heterocycles. The van der Waals surface area contributed by atoms with Crippen molar-refractivity contribution in [3.63, 3.8) is 0 Å². The van der Waals surface area contributed by atoms with Crippen LogP contribution in [0.5, 0.6) is 0 Å². The maximum atomic E-state index is 12.9. The van der Waals surface area contributed by atoms with Crippen molar-refractivity contribution in [2.45, 2.75) is 44.9 Å². The third kappa shape index (κ3) is 4.29. The maximum absolute atomic E-state index is 12.9. The number of fused-ring (bicyclic) bond motifs is 1. The fraction of sp³-hybridized carbons (Fsp3) is 0.682. The fourth-order valence-electron chi connectivity index (χ4n) is 4.97. The van der Waals surface area contributed by atoms with E-state index in [1.807, 2.05) is 11.0 Å². The van der Waals surface area contributed by atoms with Gasteiger partial charge in [-0.15, -0.1) is 0 Å². The molecule has 4 heteroatoms. The number of hydrogen-bond acceptors (Lipinski definition) is 3. The van der Waals surface area contributed by atoms with Crippen molar-refractivity contribution in [1.82, 2.24) is 9.80 Å². The van der Waals surface area contributed by atoms with Gasteiger partial charge >= 0.3 is 0 Å². The standard InChI is InChI=1S/C22H33N3O/c26-22(25-14-11-20-9-4-5-10-21(20)25)18-24-13-6-12-23(15-16-24)17-19-7-2-1-3-8-19/h4-5,9-10,19H,1-3,6-8,11-18H2. The van der Waals surface area contributed by atoms with Crippen LogP contribution in [0.25, 0.3) is 0 Å². The van der Waals surface area contributed by atoms with E-state index in [1.165, 1.54) is 57.2 Å². The maximum Gasteiger partial charge on any atom is 0.241 e. The highest BCUT2D eigenvalue weighted by atomic mass is 16.2. The lowest BCUT2D eigenvalue weighted by molar-refractivity contribution is -0.119. The first-order valence-electron chi connectivity index (χ1n) is 10.6. The summed E-state index contributed by atoms with van der Waals surface area (Å²) in [5.74, 6) is 1.19. The number of benzene rings is 1. The smallest absolute Gasteiger partial charge is 0.241 e. The molecular formula is C22H33N3O. The van der Waals surface area contributed by atoms with Crippen molar-refractivity contribution < 1.29 is 4.79 Å². The number of para-hydroxylation sites is 1. The minimum Gasteiger partial charge on any atom is -0.311 e. The highest BCUT2D eigenvalue weighted by Gasteiger charge is 2.26. The van der Waals surface area contributed by atoms with Crippen molar-refractivity contribution in [3.05, 3.63) is 29.8 Å². The molecule has 0 bridgehead atoms. The molecule has 3 aliphatic rings. The van der Waals surface area contributed by atoms with E-state index in [-0.39, 0.29) is 5.91 Å². The van der Waals surface area contributed by atoms with Gasteiger partial charge in [-0.05, 0) is 56.3 Å². The Kier molecular flexibility index (Phi) is 5.91. The molecule has 0 atom stereocenters. The molecule has 0 unspecified atom stereocenters. The number of rotatable bonds is 4. The predicted molar refractivity (Wildman–Crippen MR) is 107 cm³/mol. The van der Waals surface area contributed by atoms with Gasteiger partial charge in [-0.3, -0.25) is 9.69 Å². The van der Waals surface area contributed by atoms with Crippen LogP contribution in [0.3, 0.4) is 0 Å². The molecule has 1 saturated carbocycles. The van der Waals surface area contributed by atoms with Crippen molar-refractivity contribution in [2.24, 2.45) is 5.92 Å². The summed E-state index contributed by atoms with van der Waals surface area (Å²) in [7, 11) is 0. The van der Waals surface area contributed by atoms with Gasteiger partial charge in [0.1, 0.15) is 0 Å². The Hall–Kier alpha value is -1.39. The van der Waals surface area contributed by atoms with Gasteiger partial charge in [0, 0.05) is 31.9 Å². The van der Waals surface area contributed by atoms with Gasteiger partial charge in [-0.1, -0.05) is 37.5 Å². The van der Waals surface area contributed by atoms with Gasteiger partial charge in [0.2, 0.25) is 5.91 Å². The van der Waals surface area contributed by atoms with Gasteiger partial charge in [0.15, 0.2) is 0 Å². The Morgan fingerprint density at radius 2 is 1.65 bits per heavy atom. The number of nitrogens with zero attached hydrogens (tertiary/aromatic N) is 3. The van der Waals surface area contributed by atoms with Gasteiger partial charge in [-0.25, -0.2) is 0 Å². The predicted octanol–water partition coefficient (Wildman–Crippen LogP) is 3.16. The second-order valence-electron chi connectivity index (χ2n) is 8.36. The summed E-state index contributed by atoms with van der Waals surface area (Å²) < 4.78 is 0. The molecule has 2 fully saturated rings. The van der Waals surface area contributed by atoms with Gasteiger partial charge in [0.25, 0.3) is 0 Å². The number of anilines is 1. The molecule has 0 spiro atoms. The van der Waals surface area contributed by atoms with E-state index in [4.69, 9.17) is 0 Å². The van der Waals surface area contributed by atoms with Crippen molar-refractivity contribution >= 4 is 11.6 Å². The van der Waals surface area contributed by atoms with Gasteiger partial charge < -0.3 is 9.80 Å². The molecule has 1 aromatic rings. The first kappa shape index (κ1) is 18.0. The second-order valence-corrected chi connectivity index (χ2v) is 8.36. The van der Waals surface area contributed by atoms with Crippen LogP contribution in [-0.4, -0.2) is 61.5 Å². The van der Waals surface area contributed by atoms with Crippen molar-refractivity contribution in [1.29, 1.82) is 0 Å². The molecule has 0 N–H and O–H groups in total. The first-order valence-corrected chi connectivity index (χ1v) is 10.6. The molecule has 0 radical (unpaired) electrons. The lowest BCUT2D eigenvalue weighted by atomic mass is 9.89. The topological polar surface area (TPSA) is 26.8 Å². The molecule has 142 valence electrons. The SMILES string of the molecule is O=C(CN1CCCN(CC2CCCCC2)CC1)N1CCc2ccccc21. The normalized spacial score (nSPS) is 23.0. The Morgan fingerprint density at radius 3 is 2.54 bits per heavy atom. The molecular weight excluding hydrogens is 322 g/mol. The summed E-state index contributed by atoms with van der Waals surface area (Å²) in [6.07, 6.45) is 9.33. The Balaban J connectivity index is 1.27. The zero-order chi connectivity index (χ0) is 17.8. The lowest BCUT2D eigenvalue weighted by Crippen LogP contribution is -2.41. The van der Waals surface area contributed by atoms with Crippen LogP contribution in [0.15, 0.2) is 24.3 Å². The summed E-state index contributed by atoms with van der Waals surface area (Å²) in [6, 6.07) is 8.36. The zero-order valence-corrected chi connectivity index (χ0v) is 16.0. The van der Waals surface area contributed by atoms with E-state index < -0.39 is 0 Å². The molecule has 1 aliphatic carbocycles. The summed E-state index contributed by atoms with van der Waals surface area (Å²) in [6.45, 7) is 7.12. The highest BCUT2D eigenvalue weighted by molar-refractivity contribution is 5.96. The van der Waals surface area contributed by atoms with Gasteiger partial charge in [-0.2, -0.15) is 0 Å². The summed E-state index contributed by atoms with van der Waals surface area (Å²) >= 11 is 0. The van der Waals surface area contributed by atoms with Crippen LogP contribution in [0.1, 0.15) is 44.1 Å². The Morgan fingerprint density at radius 1 is 0.885 bits per heavy atom. The molecule has 2 heterocycles. The quantitative estimate of drug-likeness (QED) is 0.830. The second kappa shape index (κ2) is 8.53. The number of hydrogen-bond donors (Lipinski definition) is 0. The molecule has 1 aromatic carbocycles. The monoisotopic (exact) mass is 355 g/mol. The fourth-order valence-corrected chi connectivity index (χ4v) is 4.97. The van der Waals surface area contributed by atoms with Crippen LogP contribution >= 0.6 is 0 Å². The molecule has 2 aliphatic heterocycles. The number of amides is 1. The largest absolute Gasteiger partial charge is 0.311 e. The van der Waals surface area contributed by atoms with Crippen LogP contribution in [0, 0.1) is 5.92 Å². The molecule has 4 nitrogen and oxygen atoms in total. The molecule has 0 aromatic heterocycles. The minimum atomic E-state index is 0.274. The minimum absolute atomic E-state index is 0.274. The Bertz CT molecular complexity index is 611. The van der Waals surface area contributed by atoms with Crippen LogP contribution in [0.2, 0.25) is 0 Å². The van der Waals surface area contributed by atoms with E-state index in [1.54, 1.807) is 0 Å². The summed E-state index contributed by atoms with van der Waals surface area (Å²) in [5.41, 5.74) is 2.45. The van der Waals surface area contributed by atoms with Gasteiger partial charge in [0.05, 0.1) is 6.54 Å². The van der Waals surface area contributed by atoms with Crippen LogP contribution in [0.4, 0.5) is 5.69 Å². The Labute approximate surface area is 158 Å². The van der Waals surface area contributed by atoms with Crippen LogP contribution < -0.4 is 4.90 Å². The molecule has 1 amide bonds. The average molecular weight is 356 g/mol. The summed E-state index contributed by atoms with van der Waals surface area (Å²) in [5, 5.41) is 0. The van der Waals surface area contributed by atoms with E-state index in [2.05, 4.69) is 28.0 Å². The third-order valence-corrected chi connectivity index (χ3v) is 6.47. The first-order chi connectivity index (χ1) is 12.8. The van der Waals surface area contributed by atoms with E-state index in [0.29, 0.717) is 6.54 Å². The zero-order valence-electron chi connectivity index (χ0n) is 16.0. The third-order valence-electron chi connectivity index (χ3n) is 6.47. The number of carbonyl (C=O) groups excluding carboxylic acids is 1. The van der Waals surface area contributed by atoms with E-state index in [9.17, 15) is 4.79 Å². The average Bonchev–Trinajstić information content (AvgIpc) is 2.99.